The van der Waals surface area contributed by atoms with Crippen LogP contribution in [0, 0.1) is 0 Å². The largest absolute Gasteiger partial charge is 0.496 e. The van der Waals surface area contributed by atoms with Gasteiger partial charge in [-0.25, -0.2) is 0 Å². The minimum atomic E-state index is 0. The fourth-order valence-corrected chi connectivity index (χ4v) is 0.872. The normalized spacial score (nSPS) is 8.55. The van der Waals surface area contributed by atoms with E-state index in [-0.39, 0.29) is 12.4 Å². The molecule has 0 spiro atoms. The number of halogens is 1. The van der Waals surface area contributed by atoms with Crippen LogP contribution in [-0.2, 0) is 6.54 Å². The molecule has 0 unspecified atom stereocenters. The second-order valence-electron chi connectivity index (χ2n) is 2.02. The summed E-state index contributed by atoms with van der Waals surface area (Å²) in [5, 5.41) is 0. The van der Waals surface area contributed by atoms with Gasteiger partial charge in [-0.1, -0.05) is 18.2 Å². The fourth-order valence-electron chi connectivity index (χ4n) is 0.872. The van der Waals surface area contributed by atoms with E-state index in [1.54, 1.807) is 7.11 Å². The molecule has 1 aromatic carbocycles. The van der Waals surface area contributed by atoms with Crippen molar-refractivity contribution in [2.45, 2.75) is 6.54 Å². The van der Waals surface area contributed by atoms with E-state index in [4.69, 9.17) is 10.5 Å². The molecule has 0 aliphatic rings. The first-order valence-corrected chi connectivity index (χ1v) is 3.20. The number of rotatable bonds is 2. The smallest absolute Gasteiger partial charge is 0.123 e. The summed E-state index contributed by atoms with van der Waals surface area (Å²) in [5.41, 5.74) is 6.49. The van der Waals surface area contributed by atoms with Crippen molar-refractivity contribution in [2.75, 3.05) is 7.11 Å². The number of hydrogen-bond acceptors (Lipinski definition) is 2. The van der Waals surface area contributed by atoms with Gasteiger partial charge in [0.15, 0.2) is 0 Å². The summed E-state index contributed by atoms with van der Waals surface area (Å²) in [7, 11) is 1.65. The summed E-state index contributed by atoms with van der Waals surface area (Å²) < 4.78 is 5.06. The molecule has 1 rings (SSSR count). The van der Waals surface area contributed by atoms with Crippen LogP contribution in [0.15, 0.2) is 24.3 Å². The second kappa shape index (κ2) is 4.99. The van der Waals surface area contributed by atoms with Crippen LogP contribution in [0.2, 0.25) is 0 Å². The van der Waals surface area contributed by atoms with Gasteiger partial charge in [0.1, 0.15) is 5.75 Å². The van der Waals surface area contributed by atoms with E-state index in [9.17, 15) is 0 Å². The molecule has 2 N–H and O–H groups in total. The van der Waals surface area contributed by atoms with Crippen LogP contribution in [0.5, 0.6) is 5.75 Å². The van der Waals surface area contributed by atoms with Crippen LogP contribution in [0.1, 0.15) is 5.56 Å². The van der Waals surface area contributed by atoms with Crippen molar-refractivity contribution in [1.82, 2.24) is 0 Å². The Morgan fingerprint density at radius 3 is 2.45 bits per heavy atom. The standard InChI is InChI=1S/C8H11NO.ClH/c1-10-8-5-3-2-4-7(8)6-9;/h2-5H,6,9H2,1H3;1H. The fraction of sp³-hybridized carbons (Fsp3) is 0.250. The SMILES string of the molecule is COc1ccccc1CN.Cl. The van der Waals surface area contributed by atoms with Crippen molar-refractivity contribution < 1.29 is 4.74 Å². The van der Waals surface area contributed by atoms with E-state index in [2.05, 4.69) is 0 Å². The monoisotopic (exact) mass is 173 g/mol. The third kappa shape index (κ3) is 2.41. The van der Waals surface area contributed by atoms with Gasteiger partial charge < -0.3 is 10.5 Å². The molecule has 0 amide bonds. The lowest BCUT2D eigenvalue weighted by Gasteiger charge is -2.03. The van der Waals surface area contributed by atoms with E-state index in [0.29, 0.717) is 6.54 Å². The molecule has 62 valence electrons. The molecule has 0 heterocycles. The Hall–Kier alpha value is -0.730. The first-order chi connectivity index (χ1) is 4.88. The van der Waals surface area contributed by atoms with Crippen molar-refractivity contribution in [1.29, 1.82) is 0 Å². The van der Waals surface area contributed by atoms with E-state index in [1.165, 1.54) is 0 Å². The maximum atomic E-state index is 5.45. The maximum absolute atomic E-state index is 5.45. The number of para-hydroxylation sites is 1. The molecular formula is C8H12ClNO. The Labute approximate surface area is 72.8 Å². The maximum Gasteiger partial charge on any atom is 0.123 e. The average Bonchev–Trinajstić information content (AvgIpc) is 2.04. The topological polar surface area (TPSA) is 35.2 Å². The number of hydrogen-bond donors (Lipinski definition) is 1. The zero-order valence-corrected chi connectivity index (χ0v) is 7.23. The molecule has 0 saturated heterocycles. The van der Waals surface area contributed by atoms with E-state index < -0.39 is 0 Å². The lowest BCUT2D eigenvalue weighted by atomic mass is 10.2. The van der Waals surface area contributed by atoms with Crippen LogP contribution in [0.4, 0.5) is 0 Å². The van der Waals surface area contributed by atoms with Crippen molar-refractivity contribution in [3.8, 4) is 5.75 Å². The number of ether oxygens (including phenoxy) is 1. The summed E-state index contributed by atoms with van der Waals surface area (Å²) in [6.07, 6.45) is 0. The van der Waals surface area contributed by atoms with Crippen LogP contribution in [0.25, 0.3) is 0 Å². The lowest BCUT2D eigenvalue weighted by Crippen LogP contribution is -1.98. The summed E-state index contributed by atoms with van der Waals surface area (Å²) in [6, 6.07) is 7.74. The molecule has 0 aromatic heterocycles. The van der Waals surface area contributed by atoms with Crippen LogP contribution in [0.3, 0.4) is 0 Å². The molecule has 11 heavy (non-hydrogen) atoms. The summed E-state index contributed by atoms with van der Waals surface area (Å²) >= 11 is 0. The number of benzene rings is 1. The Balaban J connectivity index is 0.000001000. The van der Waals surface area contributed by atoms with E-state index >= 15 is 0 Å². The van der Waals surface area contributed by atoms with Crippen LogP contribution in [-0.4, -0.2) is 7.11 Å². The molecule has 3 heteroatoms. The minimum absolute atomic E-state index is 0. The minimum Gasteiger partial charge on any atom is -0.496 e. The molecule has 0 radical (unpaired) electrons. The number of nitrogens with two attached hydrogens (primary N) is 1. The van der Waals surface area contributed by atoms with Gasteiger partial charge in [0.2, 0.25) is 0 Å². The van der Waals surface area contributed by atoms with E-state index in [1.807, 2.05) is 24.3 Å². The summed E-state index contributed by atoms with van der Waals surface area (Å²) in [5.74, 6) is 0.866. The molecule has 0 aliphatic heterocycles. The Bertz CT molecular complexity index is 192. The van der Waals surface area contributed by atoms with Gasteiger partial charge in [-0.2, -0.15) is 0 Å². The predicted molar refractivity (Wildman–Crippen MR) is 48.1 cm³/mol. The van der Waals surface area contributed by atoms with Gasteiger partial charge in [0.05, 0.1) is 7.11 Å². The first-order valence-electron chi connectivity index (χ1n) is 3.20. The molecular weight excluding hydrogens is 162 g/mol. The highest BCUT2D eigenvalue weighted by atomic mass is 35.5. The van der Waals surface area contributed by atoms with Crippen molar-refractivity contribution in [3.63, 3.8) is 0 Å². The van der Waals surface area contributed by atoms with Gasteiger partial charge in [0, 0.05) is 12.1 Å². The molecule has 0 atom stereocenters. The second-order valence-corrected chi connectivity index (χ2v) is 2.02. The highest BCUT2D eigenvalue weighted by molar-refractivity contribution is 5.85. The zero-order chi connectivity index (χ0) is 7.40. The molecule has 1 aromatic rings. The van der Waals surface area contributed by atoms with Gasteiger partial charge in [-0.05, 0) is 6.07 Å². The molecule has 0 bridgehead atoms. The van der Waals surface area contributed by atoms with Gasteiger partial charge in [-0.3, -0.25) is 0 Å². The van der Waals surface area contributed by atoms with Gasteiger partial charge in [0.25, 0.3) is 0 Å². The van der Waals surface area contributed by atoms with Crippen LogP contribution >= 0.6 is 12.4 Å². The predicted octanol–water partition coefficient (Wildman–Crippen LogP) is 1.58. The van der Waals surface area contributed by atoms with Gasteiger partial charge in [-0.15, -0.1) is 12.4 Å². The average molecular weight is 174 g/mol. The summed E-state index contributed by atoms with van der Waals surface area (Å²) in [4.78, 5) is 0. The quantitative estimate of drug-likeness (QED) is 0.737. The van der Waals surface area contributed by atoms with Gasteiger partial charge >= 0.3 is 0 Å². The number of methoxy groups -OCH3 is 1. The lowest BCUT2D eigenvalue weighted by molar-refractivity contribution is 0.410. The van der Waals surface area contributed by atoms with Crippen molar-refractivity contribution in [2.24, 2.45) is 5.73 Å². The molecule has 2 nitrogen and oxygen atoms in total. The third-order valence-corrected chi connectivity index (χ3v) is 1.41. The van der Waals surface area contributed by atoms with E-state index in [0.717, 1.165) is 11.3 Å². The summed E-state index contributed by atoms with van der Waals surface area (Å²) in [6.45, 7) is 0.532. The first kappa shape index (κ1) is 10.3. The zero-order valence-electron chi connectivity index (χ0n) is 6.41. The highest BCUT2D eigenvalue weighted by Gasteiger charge is 1.95. The Morgan fingerprint density at radius 1 is 1.36 bits per heavy atom. The van der Waals surface area contributed by atoms with Crippen molar-refractivity contribution >= 4 is 12.4 Å². The highest BCUT2D eigenvalue weighted by Crippen LogP contribution is 2.15. The molecule has 0 saturated carbocycles. The Kier molecular flexibility index (Phi) is 4.66. The van der Waals surface area contributed by atoms with Crippen molar-refractivity contribution in [3.05, 3.63) is 29.8 Å². The third-order valence-electron chi connectivity index (χ3n) is 1.41. The Morgan fingerprint density at radius 2 is 2.00 bits per heavy atom. The van der Waals surface area contributed by atoms with Crippen LogP contribution < -0.4 is 10.5 Å². The molecule has 0 fully saturated rings. The molecule has 0 aliphatic carbocycles.